The summed E-state index contributed by atoms with van der Waals surface area (Å²) in [6.07, 6.45) is 0. The molecule has 0 atom stereocenters. The molecule has 0 spiro atoms. The average Bonchev–Trinajstić information content (AvgIpc) is 2.69. The van der Waals surface area contributed by atoms with Gasteiger partial charge in [-0.15, -0.1) is 0 Å². The Morgan fingerprint density at radius 2 is 1.55 bits per heavy atom. The second-order valence-corrected chi connectivity index (χ2v) is 6.83. The number of amides is 2. The zero-order chi connectivity index (χ0) is 20.8. The second-order valence-electron chi connectivity index (χ2n) is 6.83. The van der Waals surface area contributed by atoms with E-state index in [1.54, 1.807) is 12.1 Å². The van der Waals surface area contributed by atoms with Crippen molar-refractivity contribution >= 4 is 34.2 Å². The second kappa shape index (κ2) is 9.01. The SMILES string of the molecule is Cc1cc(C)cc(NC(=O)COC(=O)CNC(=O)c2ccc3ccccc3c2)c1. The first-order valence-corrected chi connectivity index (χ1v) is 9.21. The number of nitrogens with one attached hydrogen (secondary N) is 2. The molecule has 6 heteroatoms. The summed E-state index contributed by atoms with van der Waals surface area (Å²) in [5, 5.41) is 7.15. The van der Waals surface area contributed by atoms with E-state index in [4.69, 9.17) is 4.74 Å². The Morgan fingerprint density at radius 1 is 0.862 bits per heavy atom. The third-order valence-electron chi connectivity index (χ3n) is 4.27. The average molecular weight is 390 g/mol. The van der Waals surface area contributed by atoms with Gasteiger partial charge in [0.2, 0.25) is 0 Å². The van der Waals surface area contributed by atoms with Gasteiger partial charge < -0.3 is 15.4 Å². The molecule has 0 aliphatic rings. The number of hydrogen-bond donors (Lipinski definition) is 2. The fourth-order valence-corrected chi connectivity index (χ4v) is 3.03. The standard InChI is InChI=1S/C23H22N2O4/c1-15-9-16(2)11-20(10-15)25-21(26)14-29-22(27)13-24-23(28)19-8-7-17-5-3-4-6-18(17)12-19/h3-12H,13-14H2,1-2H3,(H,24,28)(H,25,26). The fourth-order valence-electron chi connectivity index (χ4n) is 3.03. The van der Waals surface area contributed by atoms with Crippen molar-refractivity contribution in [3.8, 4) is 0 Å². The van der Waals surface area contributed by atoms with Crippen molar-refractivity contribution in [2.24, 2.45) is 0 Å². The molecule has 0 radical (unpaired) electrons. The van der Waals surface area contributed by atoms with E-state index in [9.17, 15) is 14.4 Å². The number of fused-ring (bicyclic) bond motifs is 1. The summed E-state index contributed by atoms with van der Waals surface area (Å²) < 4.78 is 4.93. The molecule has 3 rings (SSSR count). The van der Waals surface area contributed by atoms with Crippen LogP contribution in [-0.2, 0) is 14.3 Å². The van der Waals surface area contributed by atoms with Crippen LogP contribution in [0.4, 0.5) is 5.69 Å². The Hall–Kier alpha value is -3.67. The number of hydrogen-bond acceptors (Lipinski definition) is 4. The lowest BCUT2D eigenvalue weighted by Crippen LogP contribution is -2.32. The van der Waals surface area contributed by atoms with Crippen molar-refractivity contribution in [3.63, 3.8) is 0 Å². The molecule has 0 fully saturated rings. The quantitative estimate of drug-likeness (QED) is 0.632. The Labute approximate surface area is 168 Å². The van der Waals surface area contributed by atoms with Gasteiger partial charge in [-0.3, -0.25) is 14.4 Å². The van der Waals surface area contributed by atoms with E-state index in [1.807, 2.05) is 62.4 Å². The fraction of sp³-hybridized carbons (Fsp3) is 0.174. The van der Waals surface area contributed by atoms with Crippen molar-refractivity contribution in [2.75, 3.05) is 18.5 Å². The van der Waals surface area contributed by atoms with Gasteiger partial charge in [0.25, 0.3) is 11.8 Å². The lowest BCUT2D eigenvalue weighted by atomic mass is 10.1. The maximum atomic E-state index is 12.2. The molecule has 0 bridgehead atoms. The van der Waals surface area contributed by atoms with E-state index >= 15 is 0 Å². The van der Waals surface area contributed by atoms with Crippen LogP contribution in [0.3, 0.4) is 0 Å². The molecule has 148 valence electrons. The summed E-state index contributed by atoms with van der Waals surface area (Å²) in [5.41, 5.74) is 3.14. The van der Waals surface area contributed by atoms with Crippen LogP contribution in [0.5, 0.6) is 0 Å². The van der Waals surface area contributed by atoms with Gasteiger partial charge in [-0.25, -0.2) is 0 Å². The van der Waals surface area contributed by atoms with Crippen LogP contribution in [0.25, 0.3) is 10.8 Å². The van der Waals surface area contributed by atoms with Crippen molar-refractivity contribution < 1.29 is 19.1 Å². The Morgan fingerprint density at radius 3 is 2.28 bits per heavy atom. The van der Waals surface area contributed by atoms with Gasteiger partial charge in [-0.05, 0) is 60.0 Å². The predicted molar refractivity (Wildman–Crippen MR) is 112 cm³/mol. The zero-order valence-corrected chi connectivity index (χ0v) is 16.3. The monoisotopic (exact) mass is 390 g/mol. The third kappa shape index (κ3) is 5.65. The minimum absolute atomic E-state index is 0.317. The molecule has 0 saturated carbocycles. The molecule has 0 saturated heterocycles. The summed E-state index contributed by atoms with van der Waals surface area (Å²) in [7, 11) is 0. The van der Waals surface area contributed by atoms with Crippen LogP contribution < -0.4 is 10.6 Å². The molecule has 29 heavy (non-hydrogen) atoms. The predicted octanol–water partition coefficient (Wildman–Crippen LogP) is 3.37. The summed E-state index contributed by atoms with van der Waals surface area (Å²) in [4.78, 5) is 36.0. The zero-order valence-electron chi connectivity index (χ0n) is 16.3. The molecule has 0 heterocycles. The smallest absolute Gasteiger partial charge is 0.325 e. The minimum Gasteiger partial charge on any atom is -0.454 e. The van der Waals surface area contributed by atoms with E-state index in [1.165, 1.54) is 0 Å². The van der Waals surface area contributed by atoms with Crippen molar-refractivity contribution in [3.05, 3.63) is 77.4 Å². The number of aryl methyl sites for hydroxylation is 2. The molecule has 0 aliphatic carbocycles. The summed E-state index contributed by atoms with van der Waals surface area (Å²) >= 11 is 0. The van der Waals surface area contributed by atoms with Crippen LogP contribution in [-0.4, -0.2) is 30.9 Å². The van der Waals surface area contributed by atoms with Crippen LogP contribution in [0.15, 0.2) is 60.7 Å². The highest BCUT2D eigenvalue weighted by molar-refractivity contribution is 6.00. The number of benzene rings is 3. The van der Waals surface area contributed by atoms with Gasteiger partial charge in [0.05, 0.1) is 0 Å². The van der Waals surface area contributed by atoms with Gasteiger partial charge in [-0.1, -0.05) is 36.4 Å². The van der Waals surface area contributed by atoms with Gasteiger partial charge >= 0.3 is 5.97 Å². The highest BCUT2D eigenvalue weighted by Crippen LogP contribution is 2.15. The molecule has 2 N–H and O–H groups in total. The largest absolute Gasteiger partial charge is 0.454 e. The van der Waals surface area contributed by atoms with Crippen molar-refractivity contribution in [1.82, 2.24) is 5.32 Å². The molecule has 2 amide bonds. The Bertz CT molecular complexity index is 1060. The number of anilines is 1. The van der Waals surface area contributed by atoms with Crippen LogP contribution in [0.1, 0.15) is 21.5 Å². The first-order chi connectivity index (χ1) is 13.9. The highest BCUT2D eigenvalue weighted by Gasteiger charge is 2.11. The van der Waals surface area contributed by atoms with Gasteiger partial charge in [0.1, 0.15) is 6.54 Å². The van der Waals surface area contributed by atoms with Crippen LogP contribution in [0.2, 0.25) is 0 Å². The van der Waals surface area contributed by atoms with Gasteiger partial charge in [0, 0.05) is 11.3 Å². The molecular weight excluding hydrogens is 368 g/mol. The van der Waals surface area contributed by atoms with Gasteiger partial charge in [0.15, 0.2) is 6.61 Å². The molecular formula is C23H22N2O4. The molecule has 6 nitrogen and oxygen atoms in total. The van der Waals surface area contributed by atoms with E-state index in [2.05, 4.69) is 10.6 Å². The van der Waals surface area contributed by atoms with Crippen molar-refractivity contribution in [1.29, 1.82) is 0 Å². The van der Waals surface area contributed by atoms with Gasteiger partial charge in [-0.2, -0.15) is 0 Å². The Kier molecular flexibility index (Phi) is 6.24. The molecule has 0 aromatic heterocycles. The highest BCUT2D eigenvalue weighted by atomic mass is 16.5. The first-order valence-electron chi connectivity index (χ1n) is 9.21. The molecule has 3 aromatic carbocycles. The summed E-state index contributed by atoms with van der Waals surface area (Å²) in [6, 6.07) is 18.6. The normalized spacial score (nSPS) is 10.4. The summed E-state index contributed by atoms with van der Waals surface area (Å²) in [5.74, 6) is -1.51. The summed E-state index contributed by atoms with van der Waals surface area (Å²) in [6.45, 7) is 3.13. The van der Waals surface area contributed by atoms with E-state index < -0.39 is 18.5 Å². The maximum absolute atomic E-state index is 12.2. The number of carbonyl (C=O) groups is 3. The number of rotatable bonds is 6. The lowest BCUT2D eigenvalue weighted by molar-refractivity contribution is -0.146. The van der Waals surface area contributed by atoms with E-state index in [0.29, 0.717) is 11.3 Å². The number of esters is 1. The van der Waals surface area contributed by atoms with Crippen LogP contribution >= 0.6 is 0 Å². The number of ether oxygens (including phenoxy) is 1. The van der Waals surface area contributed by atoms with Crippen LogP contribution in [0, 0.1) is 13.8 Å². The minimum atomic E-state index is -0.685. The van der Waals surface area contributed by atoms with E-state index in [-0.39, 0.29) is 12.5 Å². The molecule has 0 aliphatic heterocycles. The molecule has 0 unspecified atom stereocenters. The topological polar surface area (TPSA) is 84.5 Å². The van der Waals surface area contributed by atoms with Crippen molar-refractivity contribution in [2.45, 2.75) is 13.8 Å². The Balaban J connectivity index is 1.46. The first kappa shape index (κ1) is 20.1. The lowest BCUT2D eigenvalue weighted by Gasteiger charge is -2.09. The van der Waals surface area contributed by atoms with E-state index in [0.717, 1.165) is 21.9 Å². The number of carbonyl (C=O) groups excluding carboxylic acids is 3. The third-order valence-corrected chi connectivity index (χ3v) is 4.27. The molecule has 3 aromatic rings. The maximum Gasteiger partial charge on any atom is 0.325 e.